The number of carbonyl (C=O) groups is 1. The maximum absolute atomic E-state index is 11.9. The Hall–Kier alpha value is -2.22. The third-order valence-corrected chi connectivity index (χ3v) is 5.13. The number of imidazole rings is 1. The number of phenols is 1. The Labute approximate surface area is 163 Å². The fraction of sp³-hybridized carbons (Fsp3) is 0.118. The predicted molar refractivity (Wildman–Crippen MR) is 105 cm³/mol. The van der Waals surface area contributed by atoms with Gasteiger partial charge < -0.3 is 9.67 Å². The van der Waals surface area contributed by atoms with Gasteiger partial charge in [0.25, 0.3) is 5.91 Å². The van der Waals surface area contributed by atoms with E-state index in [1.807, 2.05) is 35.9 Å². The molecule has 2 aromatic carbocycles. The number of thioether (sulfide) groups is 1. The Morgan fingerprint density at radius 2 is 2.04 bits per heavy atom. The van der Waals surface area contributed by atoms with Crippen LogP contribution in [-0.4, -0.2) is 32.5 Å². The van der Waals surface area contributed by atoms with Crippen molar-refractivity contribution < 1.29 is 9.90 Å². The fourth-order valence-electron chi connectivity index (χ4n) is 2.25. The van der Waals surface area contributed by atoms with Crippen molar-refractivity contribution in [2.75, 3.05) is 5.75 Å². The molecule has 1 aromatic heterocycles. The van der Waals surface area contributed by atoms with E-state index in [1.54, 1.807) is 0 Å². The van der Waals surface area contributed by atoms with Gasteiger partial charge in [-0.2, -0.15) is 5.10 Å². The first-order chi connectivity index (χ1) is 12.5. The maximum Gasteiger partial charge on any atom is 0.250 e. The number of para-hydroxylation sites is 2. The number of aryl methyl sites for hydroxylation is 1. The van der Waals surface area contributed by atoms with E-state index < -0.39 is 0 Å². The Bertz CT molecular complexity index is 981. The van der Waals surface area contributed by atoms with Crippen molar-refractivity contribution in [3.63, 3.8) is 0 Å². The van der Waals surface area contributed by atoms with Crippen LogP contribution >= 0.6 is 35.0 Å². The minimum atomic E-state index is -0.269. The van der Waals surface area contributed by atoms with Gasteiger partial charge in [-0.3, -0.25) is 4.79 Å². The van der Waals surface area contributed by atoms with Crippen LogP contribution in [0.5, 0.6) is 5.75 Å². The number of hydrogen-bond acceptors (Lipinski definition) is 5. The number of hydrogen-bond donors (Lipinski definition) is 2. The zero-order chi connectivity index (χ0) is 18.7. The van der Waals surface area contributed by atoms with Gasteiger partial charge in [-0.15, -0.1) is 0 Å². The van der Waals surface area contributed by atoms with Crippen LogP contribution in [0.4, 0.5) is 0 Å². The Morgan fingerprint density at radius 1 is 1.35 bits per heavy atom. The Morgan fingerprint density at radius 3 is 2.73 bits per heavy atom. The lowest BCUT2D eigenvalue weighted by Crippen LogP contribution is -2.19. The summed E-state index contributed by atoms with van der Waals surface area (Å²) in [4.78, 5) is 16.4. The lowest BCUT2D eigenvalue weighted by atomic mass is 10.2. The minimum Gasteiger partial charge on any atom is -0.505 e. The summed E-state index contributed by atoms with van der Waals surface area (Å²) in [5.74, 6) is -0.284. The molecule has 0 atom stereocenters. The van der Waals surface area contributed by atoms with E-state index in [1.165, 1.54) is 30.1 Å². The highest BCUT2D eigenvalue weighted by Crippen LogP contribution is 2.32. The largest absolute Gasteiger partial charge is 0.505 e. The highest BCUT2D eigenvalue weighted by molar-refractivity contribution is 7.99. The molecule has 0 aliphatic rings. The number of benzene rings is 2. The molecule has 134 valence electrons. The first-order valence-corrected chi connectivity index (χ1v) is 9.24. The summed E-state index contributed by atoms with van der Waals surface area (Å²) in [6.45, 7) is 0. The molecule has 9 heteroatoms. The lowest BCUT2D eigenvalue weighted by Gasteiger charge is -2.02. The smallest absolute Gasteiger partial charge is 0.250 e. The molecule has 1 heterocycles. The standard InChI is InChI=1S/C17H14Cl2N4O2S/c1-23-14-5-3-2-4-13(14)21-17(23)26-9-15(24)22-20-8-10-6-11(18)16(25)12(19)7-10/h2-8,25H,9H2,1H3,(H,22,24)/b20-8-. The molecule has 0 fully saturated rings. The van der Waals surface area contributed by atoms with Crippen LogP contribution in [0, 0.1) is 0 Å². The molecule has 0 saturated carbocycles. The Kier molecular flexibility index (Phi) is 5.70. The van der Waals surface area contributed by atoms with E-state index in [9.17, 15) is 9.90 Å². The van der Waals surface area contributed by atoms with Crippen molar-refractivity contribution in [1.29, 1.82) is 0 Å². The topological polar surface area (TPSA) is 79.5 Å². The van der Waals surface area contributed by atoms with E-state index in [4.69, 9.17) is 23.2 Å². The van der Waals surface area contributed by atoms with E-state index in [0.717, 1.165) is 16.2 Å². The number of nitrogens with one attached hydrogen (secondary N) is 1. The SMILES string of the molecule is Cn1c(SCC(=O)N/N=C\c2cc(Cl)c(O)c(Cl)c2)nc2ccccc21. The summed E-state index contributed by atoms with van der Waals surface area (Å²) < 4.78 is 1.94. The van der Waals surface area contributed by atoms with Crippen LogP contribution in [0.3, 0.4) is 0 Å². The Balaban J connectivity index is 1.58. The number of aromatic hydroxyl groups is 1. The molecule has 2 N–H and O–H groups in total. The third-order valence-electron chi connectivity index (χ3n) is 3.52. The molecule has 6 nitrogen and oxygen atoms in total. The molecule has 0 aliphatic heterocycles. The third kappa shape index (κ3) is 4.12. The molecule has 0 saturated heterocycles. The minimum absolute atomic E-state index is 0.114. The number of nitrogens with zero attached hydrogens (tertiary/aromatic N) is 3. The van der Waals surface area contributed by atoms with Crippen molar-refractivity contribution in [2.45, 2.75) is 5.16 Å². The van der Waals surface area contributed by atoms with Gasteiger partial charge in [0.15, 0.2) is 10.9 Å². The van der Waals surface area contributed by atoms with Crippen LogP contribution < -0.4 is 5.43 Å². The van der Waals surface area contributed by atoms with Crippen LogP contribution in [0.15, 0.2) is 46.7 Å². The molecule has 3 rings (SSSR count). The van der Waals surface area contributed by atoms with Gasteiger partial charge in [-0.25, -0.2) is 10.4 Å². The first-order valence-electron chi connectivity index (χ1n) is 7.50. The zero-order valence-corrected chi connectivity index (χ0v) is 15.9. The van der Waals surface area contributed by atoms with Gasteiger partial charge in [-0.1, -0.05) is 47.1 Å². The van der Waals surface area contributed by atoms with Crippen molar-refractivity contribution >= 4 is 58.1 Å². The number of halogens is 2. The van der Waals surface area contributed by atoms with Crippen LogP contribution in [-0.2, 0) is 11.8 Å². The summed E-state index contributed by atoms with van der Waals surface area (Å²) in [6.07, 6.45) is 1.40. The van der Waals surface area contributed by atoms with Gasteiger partial charge in [-0.05, 0) is 29.8 Å². The summed E-state index contributed by atoms with van der Waals surface area (Å²) in [5, 5.41) is 14.4. The van der Waals surface area contributed by atoms with Gasteiger partial charge in [0, 0.05) is 7.05 Å². The number of fused-ring (bicyclic) bond motifs is 1. The molecule has 0 unspecified atom stereocenters. The summed E-state index contributed by atoms with van der Waals surface area (Å²) in [6, 6.07) is 10.8. The second-order valence-electron chi connectivity index (χ2n) is 5.36. The van der Waals surface area contributed by atoms with Crippen LogP contribution in [0.2, 0.25) is 10.0 Å². The molecular weight excluding hydrogens is 395 g/mol. The maximum atomic E-state index is 11.9. The van der Waals surface area contributed by atoms with E-state index >= 15 is 0 Å². The van der Waals surface area contributed by atoms with Crippen molar-refractivity contribution in [3.8, 4) is 5.75 Å². The number of rotatable bonds is 5. The normalized spacial score (nSPS) is 11.3. The monoisotopic (exact) mass is 408 g/mol. The number of hydrazone groups is 1. The zero-order valence-electron chi connectivity index (χ0n) is 13.6. The van der Waals surface area contributed by atoms with E-state index in [2.05, 4.69) is 15.5 Å². The molecule has 26 heavy (non-hydrogen) atoms. The first kappa shape index (κ1) is 18.6. The average molecular weight is 409 g/mol. The molecule has 0 spiro atoms. The van der Waals surface area contributed by atoms with Gasteiger partial charge in [0.2, 0.25) is 0 Å². The second-order valence-corrected chi connectivity index (χ2v) is 7.11. The fourth-order valence-corrected chi connectivity index (χ4v) is 3.54. The van der Waals surface area contributed by atoms with Crippen molar-refractivity contribution in [2.24, 2.45) is 12.1 Å². The van der Waals surface area contributed by atoms with Crippen molar-refractivity contribution in [3.05, 3.63) is 52.0 Å². The molecule has 1 amide bonds. The van der Waals surface area contributed by atoms with E-state index in [0.29, 0.717) is 5.56 Å². The number of phenolic OH excluding ortho intramolecular Hbond substituents is 1. The number of carbonyl (C=O) groups excluding carboxylic acids is 1. The number of aromatic nitrogens is 2. The predicted octanol–water partition coefficient (Wildman–Crippen LogP) is 3.83. The second kappa shape index (κ2) is 7.99. The molecule has 0 aliphatic carbocycles. The highest BCUT2D eigenvalue weighted by Gasteiger charge is 2.10. The van der Waals surface area contributed by atoms with Crippen LogP contribution in [0.1, 0.15) is 5.56 Å². The highest BCUT2D eigenvalue weighted by atomic mass is 35.5. The lowest BCUT2D eigenvalue weighted by molar-refractivity contribution is -0.118. The average Bonchev–Trinajstić information content (AvgIpc) is 2.94. The van der Waals surface area contributed by atoms with E-state index in [-0.39, 0.29) is 27.5 Å². The summed E-state index contributed by atoms with van der Waals surface area (Å²) >= 11 is 13.0. The molecule has 0 bridgehead atoms. The molecule has 0 radical (unpaired) electrons. The van der Waals surface area contributed by atoms with Gasteiger partial charge in [0.1, 0.15) is 0 Å². The van der Waals surface area contributed by atoms with Crippen molar-refractivity contribution in [1.82, 2.24) is 15.0 Å². The summed E-state index contributed by atoms with van der Waals surface area (Å²) in [7, 11) is 1.91. The summed E-state index contributed by atoms with van der Waals surface area (Å²) in [5.41, 5.74) is 4.88. The van der Waals surface area contributed by atoms with Gasteiger partial charge in [0.05, 0.1) is 33.0 Å². The van der Waals surface area contributed by atoms with Crippen LogP contribution in [0.25, 0.3) is 11.0 Å². The quantitative estimate of drug-likeness (QED) is 0.381. The molecular formula is C17H14Cl2N4O2S. The van der Waals surface area contributed by atoms with Gasteiger partial charge >= 0.3 is 0 Å². The number of amides is 1. The molecule has 3 aromatic rings.